The number of carbonyl (C=O) groups is 1. The minimum atomic E-state index is -0.755. The second kappa shape index (κ2) is 23.5. The van der Waals surface area contributed by atoms with Gasteiger partial charge in [0.05, 0.1) is 85.4 Å². The van der Waals surface area contributed by atoms with Gasteiger partial charge in [-0.15, -0.1) is 5.10 Å². The number of aliphatic imine (C=N–C) groups is 1. The highest BCUT2D eigenvalue weighted by atomic mass is 35.5. The third kappa shape index (κ3) is 15.7. The summed E-state index contributed by atoms with van der Waals surface area (Å²) in [5.74, 6) is -0.274. The highest BCUT2D eigenvalue weighted by Gasteiger charge is 2.21. The first kappa shape index (κ1) is 41.5. The molecule has 8 N–H and O–H groups in total. The smallest absolute Gasteiger partial charge is 0.302 e. The zero-order valence-corrected chi connectivity index (χ0v) is 30.5. The number of rotatable bonds is 24. The van der Waals surface area contributed by atoms with Crippen molar-refractivity contribution < 1.29 is 38.3 Å². The lowest BCUT2D eigenvalue weighted by molar-refractivity contribution is -0.0137. The molecule has 0 atom stereocenters. The number of nitrogen functional groups attached to an aromatic ring is 2. The molecule has 0 radical (unpaired) electrons. The van der Waals surface area contributed by atoms with E-state index in [9.17, 15) is 4.79 Å². The van der Waals surface area contributed by atoms with E-state index in [1.807, 2.05) is 18.3 Å². The molecule has 4 rings (SSSR count). The number of aliphatic hydroxyl groups is 1. The van der Waals surface area contributed by atoms with Gasteiger partial charge in [-0.2, -0.15) is 4.99 Å². The molecular formula is C33H50ClN11O8. The van der Waals surface area contributed by atoms with Crippen molar-refractivity contribution in [3.8, 4) is 5.75 Å². The lowest BCUT2D eigenvalue weighted by Gasteiger charge is -2.32. The summed E-state index contributed by atoms with van der Waals surface area (Å²) in [6.07, 6.45) is 3.48. The Morgan fingerprint density at radius 2 is 1.49 bits per heavy atom. The number of benzene rings is 1. The van der Waals surface area contributed by atoms with Gasteiger partial charge in [0.15, 0.2) is 28.4 Å². The molecule has 0 aliphatic carbocycles. The highest BCUT2D eigenvalue weighted by molar-refractivity contribution is 6.31. The Morgan fingerprint density at radius 3 is 2.11 bits per heavy atom. The first-order valence-corrected chi connectivity index (χ1v) is 17.7. The number of nitrogens with zero attached hydrogens (tertiary/aromatic N) is 7. The van der Waals surface area contributed by atoms with Gasteiger partial charge in [0.1, 0.15) is 18.1 Å². The molecule has 3 heterocycles. The van der Waals surface area contributed by atoms with Crippen molar-refractivity contribution in [3.63, 3.8) is 0 Å². The second-order valence-corrected chi connectivity index (χ2v) is 12.2. The van der Waals surface area contributed by atoms with Gasteiger partial charge in [0.25, 0.3) is 0 Å². The molecule has 0 spiro atoms. The molecule has 19 nitrogen and oxygen atoms in total. The summed E-state index contributed by atoms with van der Waals surface area (Å²) in [6, 6.07) is 8.06. The van der Waals surface area contributed by atoms with Gasteiger partial charge in [-0.3, -0.25) is 9.69 Å². The summed E-state index contributed by atoms with van der Waals surface area (Å²) in [4.78, 5) is 26.3. The molecule has 0 unspecified atom stereocenters. The molecule has 1 amide bonds. The Hall–Kier alpha value is -4.21. The van der Waals surface area contributed by atoms with E-state index in [2.05, 4.69) is 47.6 Å². The highest BCUT2D eigenvalue weighted by Crippen LogP contribution is 2.19. The van der Waals surface area contributed by atoms with Crippen LogP contribution in [0, 0.1) is 0 Å². The van der Waals surface area contributed by atoms with Gasteiger partial charge in [-0.25, -0.2) is 14.6 Å². The van der Waals surface area contributed by atoms with E-state index in [0.717, 1.165) is 43.9 Å². The number of hydrogen-bond donors (Lipinski definition) is 5. The van der Waals surface area contributed by atoms with Crippen molar-refractivity contribution >= 4 is 35.1 Å². The number of aliphatic hydroxyl groups excluding tert-OH is 1. The van der Waals surface area contributed by atoms with Crippen molar-refractivity contribution in [1.82, 2.24) is 35.2 Å². The van der Waals surface area contributed by atoms with E-state index < -0.39 is 5.91 Å². The van der Waals surface area contributed by atoms with Crippen molar-refractivity contribution in [2.24, 2.45) is 10.7 Å². The number of guanidine groups is 1. The van der Waals surface area contributed by atoms with Crippen molar-refractivity contribution in [2.75, 3.05) is 97.2 Å². The van der Waals surface area contributed by atoms with Crippen molar-refractivity contribution in [3.05, 3.63) is 52.6 Å². The number of likely N-dealkylation sites (tertiary alicyclic amines) is 1. The van der Waals surface area contributed by atoms with Crippen LogP contribution in [0.4, 0.5) is 11.6 Å². The summed E-state index contributed by atoms with van der Waals surface area (Å²) in [7, 11) is 0. The van der Waals surface area contributed by atoms with E-state index in [1.165, 1.54) is 5.56 Å². The summed E-state index contributed by atoms with van der Waals surface area (Å²) in [5.41, 5.74) is 18.9. The van der Waals surface area contributed by atoms with Crippen LogP contribution in [0.15, 0.2) is 35.5 Å². The molecule has 2 aromatic heterocycles. The number of nitrogens with one attached hydrogen (secondary N) is 1. The Labute approximate surface area is 313 Å². The van der Waals surface area contributed by atoms with E-state index in [4.69, 9.17) is 62.3 Å². The molecule has 1 aromatic carbocycles. The maximum absolute atomic E-state index is 12.5. The lowest BCUT2D eigenvalue weighted by Crippen LogP contribution is -2.47. The fourth-order valence-electron chi connectivity index (χ4n) is 5.06. The van der Waals surface area contributed by atoms with Gasteiger partial charge >= 0.3 is 5.91 Å². The summed E-state index contributed by atoms with van der Waals surface area (Å²) >= 11 is 5.86. The minimum absolute atomic E-state index is 0.0134. The molecule has 0 bridgehead atoms. The number of nitrogens with two attached hydrogens (primary N) is 3. The number of ether oxygens (including phenoxy) is 6. The molecule has 1 fully saturated rings. The normalized spacial score (nSPS) is 14.1. The fourth-order valence-corrected chi connectivity index (χ4v) is 5.19. The Bertz CT molecular complexity index is 1540. The van der Waals surface area contributed by atoms with Crippen LogP contribution < -0.4 is 27.3 Å². The third-order valence-corrected chi connectivity index (χ3v) is 8.04. The SMILES string of the molecule is N/C(=N\C(=O)c1nc(Cl)c(N)nc1N)NC1CCN(Cc2ccc(OCc3cn(CCOCCOCCOCCOCCOCCO)nn3)cc2)CC1. The number of aromatic nitrogens is 5. The summed E-state index contributed by atoms with van der Waals surface area (Å²) in [5, 5.41) is 19.9. The van der Waals surface area contributed by atoms with Crippen LogP contribution in [-0.2, 0) is 43.4 Å². The number of hydrogen-bond acceptors (Lipinski definition) is 15. The van der Waals surface area contributed by atoms with Gasteiger partial charge in [0, 0.05) is 25.7 Å². The van der Waals surface area contributed by atoms with Gasteiger partial charge in [-0.1, -0.05) is 28.9 Å². The van der Waals surface area contributed by atoms with E-state index >= 15 is 0 Å². The average molecular weight is 764 g/mol. The first-order valence-electron chi connectivity index (χ1n) is 17.4. The van der Waals surface area contributed by atoms with Crippen LogP contribution in [0.25, 0.3) is 0 Å². The predicted octanol–water partition coefficient (Wildman–Crippen LogP) is 0.249. The van der Waals surface area contributed by atoms with Crippen molar-refractivity contribution in [2.45, 2.75) is 38.6 Å². The zero-order chi connectivity index (χ0) is 37.7. The van der Waals surface area contributed by atoms with E-state index in [-0.39, 0.29) is 41.1 Å². The Kier molecular flexibility index (Phi) is 18.4. The predicted molar refractivity (Wildman–Crippen MR) is 195 cm³/mol. The molecule has 3 aromatic rings. The summed E-state index contributed by atoms with van der Waals surface area (Å²) in [6.45, 7) is 7.96. The Balaban J connectivity index is 1.02. The number of anilines is 2. The number of amides is 1. The molecule has 1 aliphatic heterocycles. The molecule has 0 saturated carbocycles. The average Bonchev–Trinajstić information content (AvgIpc) is 3.61. The maximum atomic E-state index is 12.5. The summed E-state index contributed by atoms with van der Waals surface area (Å²) < 4.78 is 34.7. The molecule has 20 heteroatoms. The number of carbonyl (C=O) groups excluding carboxylic acids is 1. The van der Waals surface area contributed by atoms with Crippen LogP contribution in [0.3, 0.4) is 0 Å². The largest absolute Gasteiger partial charge is 0.487 e. The van der Waals surface area contributed by atoms with Crippen LogP contribution >= 0.6 is 11.6 Å². The third-order valence-electron chi connectivity index (χ3n) is 7.76. The topological polar surface area (TPSA) is 255 Å². The first-order chi connectivity index (χ1) is 25.8. The van der Waals surface area contributed by atoms with Gasteiger partial charge in [-0.05, 0) is 30.5 Å². The fraction of sp³-hybridized carbons (Fsp3) is 0.576. The molecule has 1 aliphatic rings. The van der Waals surface area contributed by atoms with E-state index in [1.54, 1.807) is 4.68 Å². The molecule has 1 saturated heterocycles. The van der Waals surface area contributed by atoms with Gasteiger partial charge in [0.2, 0.25) is 0 Å². The van der Waals surface area contributed by atoms with Crippen LogP contribution in [0.2, 0.25) is 5.15 Å². The quantitative estimate of drug-likeness (QED) is 0.0465. The lowest BCUT2D eigenvalue weighted by atomic mass is 10.0. The zero-order valence-electron chi connectivity index (χ0n) is 29.7. The van der Waals surface area contributed by atoms with E-state index in [0.29, 0.717) is 79.2 Å². The standard InChI is InChI=1S/C33H50ClN11O8/c34-29-31(36)40-30(35)28(39-29)32(47)41-33(37)38-25-5-7-44(8-6-25)21-24-1-3-27(4-2-24)53-23-26-22-45(43-42-26)9-11-48-13-15-50-17-19-52-20-18-51-16-14-49-12-10-46/h1-4,22,25,46H,5-21,23H2,(H4,35,36,40)(H3,37,38,41,47). The Morgan fingerprint density at radius 1 is 0.887 bits per heavy atom. The van der Waals surface area contributed by atoms with Crippen LogP contribution in [-0.4, -0.2) is 139 Å². The molecular weight excluding hydrogens is 714 g/mol. The van der Waals surface area contributed by atoms with Crippen LogP contribution in [0.1, 0.15) is 34.6 Å². The van der Waals surface area contributed by atoms with Gasteiger partial charge < -0.3 is 56.0 Å². The molecule has 53 heavy (non-hydrogen) atoms. The van der Waals surface area contributed by atoms with Crippen molar-refractivity contribution in [1.29, 1.82) is 0 Å². The number of piperidine rings is 1. The monoisotopic (exact) mass is 763 g/mol. The number of halogens is 1. The maximum Gasteiger partial charge on any atom is 0.302 e. The molecule has 292 valence electrons. The second-order valence-electron chi connectivity index (χ2n) is 11.8. The minimum Gasteiger partial charge on any atom is -0.487 e. The van der Waals surface area contributed by atoms with Crippen LogP contribution in [0.5, 0.6) is 5.75 Å².